The zero-order valence-corrected chi connectivity index (χ0v) is 19.3. The van der Waals surface area contributed by atoms with Crippen molar-refractivity contribution >= 4 is 29.1 Å². The maximum absolute atomic E-state index is 13.4. The number of fused-ring (bicyclic) bond motifs is 1. The number of nitrogens with one attached hydrogen (secondary N) is 1. The monoisotopic (exact) mass is 447 g/mol. The molecule has 0 spiro atoms. The highest BCUT2D eigenvalue weighted by Crippen LogP contribution is 2.41. The summed E-state index contributed by atoms with van der Waals surface area (Å²) in [4.78, 5) is 32.7. The Labute approximate surface area is 187 Å². The predicted octanol–water partition coefficient (Wildman–Crippen LogP) is 4.16. The molecule has 0 bridgehead atoms. The summed E-state index contributed by atoms with van der Waals surface area (Å²) in [6, 6.07) is 3.88. The highest BCUT2D eigenvalue weighted by Gasteiger charge is 2.35. The number of hydrogen-bond donors (Lipinski definition) is 1. The molecular weight excluding hydrogens is 421 g/mol. The van der Waals surface area contributed by atoms with Gasteiger partial charge in [-0.1, -0.05) is 30.1 Å². The minimum absolute atomic E-state index is 0.147. The molecule has 1 aromatic carbocycles. The predicted molar refractivity (Wildman–Crippen MR) is 121 cm³/mol. The van der Waals surface area contributed by atoms with Gasteiger partial charge in [-0.3, -0.25) is 9.59 Å². The quantitative estimate of drug-likeness (QED) is 0.764. The summed E-state index contributed by atoms with van der Waals surface area (Å²) in [6.07, 6.45) is 0.628. The second-order valence-electron chi connectivity index (χ2n) is 8.80. The zero-order chi connectivity index (χ0) is 21.7. The van der Waals surface area contributed by atoms with E-state index in [0.717, 1.165) is 35.5 Å². The number of aromatic amines is 1. The minimum Gasteiger partial charge on any atom is -0.334 e. The Hall–Kier alpha value is -1.82. The third kappa shape index (κ3) is 3.68. The van der Waals surface area contributed by atoms with Crippen molar-refractivity contribution in [2.45, 2.75) is 39.7 Å². The summed E-state index contributed by atoms with van der Waals surface area (Å²) in [6.45, 7) is 8.72. The second kappa shape index (κ2) is 8.03. The molecule has 2 aromatic rings. The number of nitrogens with zero attached hydrogens (tertiary/aromatic N) is 2. The third-order valence-electron chi connectivity index (χ3n) is 6.61. The van der Waals surface area contributed by atoms with E-state index in [9.17, 15) is 9.59 Å². The largest absolute Gasteiger partial charge is 0.334 e. The van der Waals surface area contributed by atoms with Gasteiger partial charge in [-0.05, 0) is 68.0 Å². The summed E-state index contributed by atoms with van der Waals surface area (Å²) < 4.78 is 0. The SMILES string of the molecule is Cc1cc(C)c(CN2CCc3c(Cl)cc(C(C)C4CN(C)C4)c(Cl)c3C2=O)c(=O)[nH]1. The van der Waals surface area contributed by atoms with E-state index < -0.39 is 0 Å². The Morgan fingerprint density at radius 1 is 1.20 bits per heavy atom. The summed E-state index contributed by atoms with van der Waals surface area (Å²) >= 11 is 13.4. The summed E-state index contributed by atoms with van der Waals surface area (Å²) in [5, 5.41) is 1.13. The van der Waals surface area contributed by atoms with Crippen LogP contribution in [0.3, 0.4) is 0 Å². The van der Waals surface area contributed by atoms with Crippen LogP contribution >= 0.6 is 23.2 Å². The lowest BCUT2D eigenvalue weighted by Gasteiger charge is -2.41. The molecule has 0 saturated carbocycles. The standard InChI is InChI=1S/C23H27Cl2N3O2/c1-12-7-13(2)26-22(29)18(12)11-28-6-5-16-19(24)8-17(21(25)20(16)23(28)30)14(3)15-9-27(4)10-15/h7-8,14-15H,5-6,9-11H2,1-4H3,(H,26,29). The molecule has 0 aliphatic carbocycles. The Morgan fingerprint density at radius 3 is 2.53 bits per heavy atom. The van der Waals surface area contributed by atoms with Gasteiger partial charge in [-0.15, -0.1) is 0 Å². The maximum atomic E-state index is 13.4. The normalized spacial score (nSPS) is 18.3. The van der Waals surface area contributed by atoms with Gasteiger partial charge in [-0.2, -0.15) is 0 Å². The van der Waals surface area contributed by atoms with E-state index >= 15 is 0 Å². The van der Waals surface area contributed by atoms with Crippen molar-refractivity contribution in [3.05, 3.63) is 66.0 Å². The number of rotatable bonds is 4. The van der Waals surface area contributed by atoms with Gasteiger partial charge >= 0.3 is 0 Å². The number of amides is 1. The molecule has 0 radical (unpaired) electrons. The third-order valence-corrected chi connectivity index (χ3v) is 7.36. The van der Waals surface area contributed by atoms with E-state index in [2.05, 4.69) is 23.9 Å². The number of H-pyrrole nitrogens is 1. The van der Waals surface area contributed by atoms with Crippen LogP contribution in [-0.2, 0) is 13.0 Å². The van der Waals surface area contributed by atoms with Crippen LogP contribution in [0.5, 0.6) is 0 Å². The number of carbonyl (C=O) groups excluding carboxylic acids is 1. The zero-order valence-electron chi connectivity index (χ0n) is 17.8. The minimum atomic E-state index is -0.151. The number of benzene rings is 1. The molecule has 1 unspecified atom stereocenters. The maximum Gasteiger partial charge on any atom is 0.256 e. The molecule has 2 aliphatic heterocycles. The van der Waals surface area contributed by atoms with Gasteiger partial charge in [0.25, 0.3) is 11.5 Å². The van der Waals surface area contributed by atoms with Crippen LogP contribution in [0.4, 0.5) is 0 Å². The fourth-order valence-electron chi connectivity index (χ4n) is 4.73. The van der Waals surface area contributed by atoms with E-state index in [-0.39, 0.29) is 23.9 Å². The molecule has 1 N–H and O–H groups in total. The van der Waals surface area contributed by atoms with Crippen molar-refractivity contribution in [2.75, 3.05) is 26.7 Å². The van der Waals surface area contributed by atoms with Crippen molar-refractivity contribution in [2.24, 2.45) is 5.92 Å². The summed E-state index contributed by atoms with van der Waals surface area (Å²) in [5.41, 5.74) is 4.43. The Morgan fingerprint density at radius 2 is 1.90 bits per heavy atom. The van der Waals surface area contributed by atoms with E-state index in [4.69, 9.17) is 23.2 Å². The Bertz CT molecular complexity index is 1070. The van der Waals surface area contributed by atoms with Gasteiger partial charge in [0.05, 0.1) is 17.1 Å². The first kappa shape index (κ1) is 21.4. The van der Waals surface area contributed by atoms with Gasteiger partial charge < -0.3 is 14.8 Å². The lowest BCUT2D eigenvalue weighted by Crippen LogP contribution is -2.46. The molecule has 4 rings (SSSR count). The summed E-state index contributed by atoms with van der Waals surface area (Å²) in [5.74, 6) is 0.578. The van der Waals surface area contributed by atoms with Crippen molar-refractivity contribution in [3.63, 3.8) is 0 Å². The number of hydrogen-bond acceptors (Lipinski definition) is 3. The average molecular weight is 448 g/mol. The second-order valence-corrected chi connectivity index (χ2v) is 9.59. The number of likely N-dealkylation sites (tertiary alicyclic amines) is 1. The first-order valence-corrected chi connectivity index (χ1v) is 11.1. The van der Waals surface area contributed by atoms with Crippen molar-refractivity contribution in [1.82, 2.24) is 14.8 Å². The van der Waals surface area contributed by atoms with Crippen LogP contribution < -0.4 is 5.56 Å². The molecule has 1 atom stereocenters. The van der Waals surface area contributed by atoms with Crippen molar-refractivity contribution < 1.29 is 4.79 Å². The van der Waals surface area contributed by atoms with Crippen molar-refractivity contribution in [3.8, 4) is 0 Å². The molecule has 1 amide bonds. The van der Waals surface area contributed by atoms with Gasteiger partial charge in [0.1, 0.15) is 0 Å². The number of aromatic nitrogens is 1. The molecule has 5 nitrogen and oxygen atoms in total. The smallest absolute Gasteiger partial charge is 0.256 e. The van der Waals surface area contributed by atoms with E-state index in [1.165, 1.54) is 0 Å². The molecule has 7 heteroatoms. The average Bonchev–Trinajstić information content (AvgIpc) is 2.65. The van der Waals surface area contributed by atoms with Crippen LogP contribution in [0.2, 0.25) is 10.0 Å². The van der Waals surface area contributed by atoms with E-state index in [0.29, 0.717) is 40.1 Å². The lowest BCUT2D eigenvalue weighted by atomic mass is 9.81. The van der Waals surface area contributed by atoms with Crippen LogP contribution in [0, 0.1) is 19.8 Å². The van der Waals surface area contributed by atoms with Crippen molar-refractivity contribution in [1.29, 1.82) is 0 Å². The van der Waals surface area contributed by atoms with Gasteiger partial charge in [0.15, 0.2) is 0 Å². The van der Waals surface area contributed by atoms with Gasteiger partial charge in [0, 0.05) is 35.9 Å². The Kier molecular flexibility index (Phi) is 5.73. The lowest BCUT2D eigenvalue weighted by molar-refractivity contribution is 0.0726. The van der Waals surface area contributed by atoms with Gasteiger partial charge in [-0.25, -0.2) is 0 Å². The molecule has 1 aromatic heterocycles. The molecule has 2 aliphatic rings. The number of carbonyl (C=O) groups is 1. The van der Waals surface area contributed by atoms with Crippen LogP contribution in [0.1, 0.15) is 51.1 Å². The van der Waals surface area contributed by atoms with E-state index in [1.807, 2.05) is 26.0 Å². The molecular formula is C23H27Cl2N3O2. The number of aryl methyl sites for hydroxylation is 2. The fraction of sp³-hybridized carbons (Fsp3) is 0.478. The van der Waals surface area contributed by atoms with Crippen LogP contribution in [-0.4, -0.2) is 47.4 Å². The fourth-order valence-corrected chi connectivity index (χ4v) is 5.45. The number of pyridine rings is 1. The topological polar surface area (TPSA) is 56.4 Å². The van der Waals surface area contributed by atoms with Crippen LogP contribution in [0.25, 0.3) is 0 Å². The first-order chi connectivity index (χ1) is 14.2. The molecule has 1 saturated heterocycles. The highest BCUT2D eigenvalue weighted by atomic mass is 35.5. The highest BCUT2D eigenvalue weighted by molar-refractivity contribution is 6.37. The molecule has 160 valence electrons. The van der Waals surface area contributed by atoms with Crippen LogP contribution in [0.15, 0.2) is 16.9 Å². The molecule has 3 heterocycles. The first-order valence-electron chi connectivity index (χ1n) is 10.3. The summed E-state index contributed by atoms with van der Waals surface area (Å²) in [7, 11) is 2.10. The Balaban J connectivity index is 1.68. The molecule has 30 heavy (non-hydrogen) atoms. The number of halogens is 2. The molecule has 1 fully saturated rings. The van der Waals surface area contributed by atoms with Gasteiger partial charge in [0.2, 0.25) is 0 Å². The van der Waals surface area contributed by atoms with E-state index in [1.54, 1.807) is 4.90 Å².